The lowest BCUT2D eigenvalue weighted by Gasteiger charge is -2.09. The number of nitrogens with zero attached hydrogens (tertiary/aromatic N) is 1. The third-order valence-corrected chi connectivity index (χ3v) is 3.77. The Balaban J connectivity index is 2.06. The summed E-state index contributed by atoms with van der Waals surface area (Å²) < 4.78 is 5.62. The van der Waals surface area contributed by atoms with Crippen LogP contribution >= 0.6 is 11.3 Å². The highest BCUT2D eigenvalue weighted by atomic mass is 32.1. The van der Waals surface area contributed by atoms with Gasteiger partial charge in [0, 0.05) is 17.5 Å². The number of rotatable bonds is 6. The van der Waals surface area contributed by atoms with E-state index in [1.54, 1.807) is 5.38 Å². The molecule has 0 saturated carbocycles. The van der Waals surface area contributed by atoms with Crippen LogP contribution < -0.4 is 10.1 Å². The van der Waals surface area contributed by atoms with Crippen LogP contribution in [0.3, 0.4) is 0 Å². The molecule has 118 valence electrons. The summed E-state index contributed by atoms with van der Waals surface area (Å²) in [6.45, 7) is 8.78. The lowest BCUT2D eigenvalue weighted by molar-refractivity contribution is 0.0945. The maximum atomic E-state index is 12.0. The van der Waals surface area contributed by atoms with Gasteiger partial charge in [-0.15, -0.1) is 11.3 Å². The second-order valence-electron chi connectivity index (χ2n) is 5.83. The standard InChI is InChI=1S/C17H22N2O2S/c1-11(2)9-18-16(20)15-10-22-17(19-15)13-5-7-14(8-6-13)21-12(3)4/h5-8,10-12H,9H2,1-4H3,(H,18,20). The molecule has 0 aliphatic carbocycles. The number of hydrogen-bond acceptors (Lipinski definition) is 4. The van der Waals surface area contributed by atoms with Crippen molar-refractivity contribution in [1.29, 1.82) is 0 Å². The van der Waals surface area contributed by atoms with Gasteiger partial charge in [0.25, 0.3) is 5.91 Å². The monoisotopic (exact) mass is 318 g/mol. The van der Waals surface area contributed by atoms with Gasteiger partial charge >= 0.3 is 0 Å². The quantitative estimate of drug-likeness (QED) is 0.876. The summed E-state index contributed by atoms with van der Waals surface area (Å²) in [5.41, 5.74) is 1.46. The van der Waals surface area contributed by atoms with Gasteiger partial charge in [0.05, 0.1) is 6.10 Å². The molecular weight excluding hydrogens is 296 g/mol. The van der Waals surface area contributed by atoms with Crippen LogP contribution in [0.1, 0.15) is 38.2 Å². The Bertz CT molecular complexity index is 618. The van der Waals surface area contributed by atoms with Crippen LogP contribution in [-0.4, -0.2) is 23.5 Å². The molecule has 22 heavy (non-hydrogen) atoms. The number of carbonyl (C=O) groups is 1. The van der Waals surface area contributed by atoms with Gasteiger partial charge in [0.1, 0.15) is 16.5 Å². The second-order valence-corrected chi connectivity index (χ2v) is 6.69. The largest absolute Gasteiger partial charge is 0.491 e. The minimum atomic E-state index is -0.115. The lowest BCUT2D eigenvalue weighted by Crippen LogP contribution is -2.27. The highest BCUT2D eigenvalue weighted by Crippen LogP contribution is 2.26. The van der Waals surface area contributed by atoms with E-state index in [0.717, 1.165) is 16.3 Å². The van der Waals surface area contributed by atoms with E-state index in [1.807, 2.05) is 38.1 Å². The Morgan fingerprint density at radius 3 is 2.50 bits per heavy atom. The van der Waals surface area contributed by atoms with Crippen LogP contribution in [0.4, 0.5) is 0 Å². The predicted octanol–water partition coefficient (Wildman–Crippen LogP) is 3.98. The maximum Gasteiger partial charge on any atom is 0.270 e. The SMILES string of the molecule is CC(C)CNC(=O)c1csc(-c2ccc(OC(C)C)cc2)n1. The first kappa shape index (κ1) is 16.5. The first-order valence-electron chi connectivity index (χ1n) is 7.46. The molecule has 1 heterocycles. The van der Waals surface area contributed by atoms with Crippen molar-refractivity contribution in [1.82, 2.24) is 10.3 Å². The molecule has 0 fully saturated rings. The van der Waals surface area contributed by atoms with Gasteiger partial charge in [-0.05, 0) is 44.0 Å². The molecule has 2 aromatic rings. The first-order chi connectivity index (χ1) is 10.5. The highest BCUT2D eigenvalue weighted by Gasteiger charge is 2.12. The fourth-order valence-corrected chi connectivity index (χ4v) is 2.65. The zero-order valence-electron chi connectivity index (χ0n) is 13.4. The van der Waals surface area contributed by atoms with Crippen molar-refractivity contribution in [2.75, 3.05) is 6.54 Å². The van der Waals surface area contributed by atoms with Crippen LogP contribution in [0.5, 0.6) is 5.75 Å². The smallest absolute Gasteiger partial charge is 0.270 e. The van der Waals surface area contributed by atoms with Crippen molar-refractivity contribution in [3.05, 3.63) is 35.3 Å². The van der Waals surface area contributed by atoms with Crippen molar-refractivity contribution in [2.24, 2.45) is 5.92 Å². The average Bonchev–Trinajstić information content (AvgIpc) is 2.94. The third kappa shape index (κ3) is 4.56. The first-order valence-corrected chi connectivity index (χ1v) is 8.34. The normalized spacial score (nSPS) is 11.0. The molecular formula is C17H22N2O2S. The van der Waals surface area contributed by atoms with Crippen molar-refractivity contribution < 1.29 is 9.53 Å². The van der Waals surface area contributed by atoms with Gasteiger partial charge in [0.15, 0.2) is 0 Å². The summed E-state index contributed by atoms with van der Waals surface area (Å²) in [6, 6.07) is 7.78. The molecule has 0 radical (unpaired) electrons. The Kier molecular flexibility index (Phi) is 5.55. The summed E-state index contributed by atoms with van der Waals surface area (Å²) in [4.78, 5) is 16.4. The third-order valence-electron chi connectivity index (χ3n) is 2.88. The topological polar surface area (TPSA) is 51.2 Å². The van der Waals surface area contributed by atoms with Crippen molar-refractivity contribution in [2.45, 2.75) is 33.8 Å². The van der Waals surface area contributed by atoms with Gasteiger partial charge in [-0.25, -0.2) is 4.98 Å². The Morgan fingerprint density at radius 2 is 1.91 bits per heavy atom. The molecule has 0 atom stereocenters. The van der Waals surface area contributed by atoms with Crippen molar-refractivity contribution in [3.63, 3.8) is 0 Å². The van der Waals surface area contributed by atoms with E-state index in [9.17, 15) is 4.79 Å². The van der Waals surface area contributed by atoms with Gasteiger partial charge in [0.2, 0.25) is 0 Å². The number of hydrogen-bond donors (Lipinski definition) is 1. The number of aromatic nitrogens is 1. The second kappa shape index (κ2) is 7.40. The summed E-state index contributed by atoms with van der Waals surface area (Å²) >= 11 is 1.47. The van der Waals surface area contributed by atoms with E-state index in [-0.39, 0.29) is 12.0 Å². The van der Waals surface area contributed by atoms with Crippen LogP contribution in [0.2, 0.25) is 0 Å². The number of nitrogens with one attached hydrogen (secondary N) is 1. The van der Waals surface area contributed by atoms with Crippen LogP contribution in [0.15, 0.2) is 29.6 Å². The van der Waals surface area contributed by atoms with Gasteiger partial charge in [-0.2, -0.15) is 0 Å². The molecule has 0 aliphatic heterocycles. The van der Waals surface area contributed by atoms with Gasteiger partial charge < -0.3 is 10.1 Å². The fourth-order valence-electron chi connectivity index (χ4n) is 1.85. The fraction of sp³-hybridized carbons (Fsp3) is 0.412. The molecule has 0 spiro atoms. The molecule has 0 unspecified atom stereocenters. The molecule has 1 amide bonds. The molecule has 5 heteroatoms. The Labute approximate surface area is 135 Å². The highest BCUT2D eigenvalue weighted by molar-refractivity contribution is 7.13. The number of ether oxygens (including phenoxy) is 1. The van der Waals surface area contributed by atoms with E-state index in [2.05, 4.69) is 24.1 Å². The Hall–Kier alpha value is -1.88. The van der Waals surface area contributed by atoms with E-state index in [4.69, 9.17) is 4.74 Å². The van der Waals surface area contributed by atoms with Gasteiger partial charge in [-0.1, -0.05) is 13.8 Å². The average molecular weight is 318 g/mol. The molecule has 0 aliphatic rings. The number of amides is 1. The van der Waals surface area contributed by atoms with E-state index in [0.29, 0.717) is 18.2 Å². The van der Waals surface area contributed by atoms with E-state index in [1.165, 1.54) is 11.3 Å². The van der Waals surface area contributed by atoms with Crippen LogP contribution in [0.25, 0.3) is 10.6 Å². The molecule has 1 aromatic heterocycles. The van der Waals surface area contributed by atoms with E-state index < -0.39 is 0 Å². The zero-order chi connectivity index (χ0) is 16.1. The lowest BCUT2D eigenvalue weighted by atomic mass is 10.2. The predicted molar refractivity (Wildman–Crippen MR) is 90.5 cm³/mol. The molecule has 0 saturated heterocycles. The molecule has 2 rings (SSSR count). The summed E-state index contributed by atoms with van der Waals surface area (Å²) in [5.74, 6) is 1.15. The summed E-state index contributed by atoms with van der Waals surface area (Å²) in [5, 5.41) is 5.51. The molecule has 1 N–H and O–H groups in total. The van der Waals surface area contributed by atoms with Crippen LogP contribution in [0, 0.1) is 5.92 Å². The van der Waals surface area contributed by atoms with Gasteiger partial charge in [-0.3, -0.25) is 4.79 Å². The van der Waals surface area contributed by atoms with E-state index >= 15 is 0 Å². The number of carbonyl (C=O) groups excluding carboxylic acids is 1. The number of benzene rings is 1. The maximum absolute atomic E-state index is 12.0. The molecule has 0 bridgehead atoms. The van der Waals surface area contributed by atoms with Crippen LogP contribution in [-0.2, 0) is 0 Å². The Morgan fingerprint density at radius 1 is 1.23 bits per heavy atom. The molecule has 4 nitrogen and oxygen atoms in total. The zero-order valence-corrected chi connectivity index (χ0v) is 14.2. The summed E-state index contributed by atoms with van der Waals surface area (Å²) in [6.07, 6.45) is 0.155. The summed E-state index contributed by atoms with van der Waals surface area (Å²) in [7, 11) is 0. The van der Waals surface area contributed by atoms with Crippen molar-refractivity contribution >= 4 is 17.2 Å². The number of thiazole rings is 1. The molecule has 1 aromatic carbocycles. The minimum Gasteiger partial charge on any atom is -0.491 e. The minimum absolute atomic E-state index is 0.115. The van der Waals surface area contributed by atoms with Crippen molar-refractivity contribution in [3.8, 4) is 16.3 Å².